The predicted octanol–water partition coefficient (Wildman–Crippen LogP) is -1.26. The summed E-state index contributed by atoms with van der Waals surface area (Å²) in [5.74, 6) is -0.440. The number of nitrogens with two attached hydrogens (primary N) is 1. The third-order valence-corrected chi connectivity index (χ3v) is 4.24. The number of hydrogen-bond donors (Lipinski definition) is 2. The Morgan fingerprint density at radius 2 is 2.20 bits per heavy atom. The molecule has 3 N–H and O–H groups in total. The number of nitriles is 2. The molecule has 2 rings (SSSR count). The Morgan fingerprint density at radius 1 is 1.50 bits per heavy atom. The molecule has 1 amide bonds. The molecule has 10 heteroatoms. The van der Waals surface area contributed by atoms with E-state index in [0.717, 1.165) is 4.90 Å². The highest BCUT2D eigenvalue weighted by atomic mass is 32.2. The van der Waals surface area contributed by atoms with Crippen LogP contribution in [0.5, 0.6) is 0 Å². The molecular formula is C10H10N6O3S. The van der Waals surface area contributed by atoms with Crippen molar-refractivity contribution in [3.05, 3.63) is 11.3 Å². The number of aromatic amines is 1. The standard InChI is InChI=1S/C10H10N6O3S/c11-2-1-8-7(4-12)10(15-14-8)16-5-6(3-9(16)17)20(13,18)19/h6H,1,3,5H2,(H,14,15)(H2,13,18,19). The number of carbonyl (C=O) groups is 1. The van der Waals surface area contributed by atoms with Crippen LogP contribution in [0, 0.1) is 22.7 Å². The van der Waals surface area contributed by atoms with Gasteiger partial charge in [-0.25, -0.2) is 13.6 Å². The van der Waals surface area contributed by atoms with Gasteiger partial charge in [-0.15, -0.1) is 0 Å². The highest BCUT2D eigenvalue weighted by Gasteiger charge is 2.39. The molecular weight excluding hydrogens is 284 g/mol. The maximum absolute atomic E-state index is 11.8. The molecule has 20 heavy (non-hydrogen) atoms. The van der Waals surface area contributed by atoms with E-state index in [1.165, 1.54) is 0 Å². The van der Waals surface area contributed by atoms with Crippen molar-refractivity contribution in [3.8, 4) is 12.1 Å². The van der Waals surface area contributed by atoms with Crippen LogP contribution in [0.15, 0.2) is 0 Å². The second-order valence-electron chi connectivity index (χ2n) is 4.27. The molecule has 0 aromatic carbocycles. The number of nitrogens with one attached hydrogen (secondary N) is 1. The fraction of sp³-hybridized carbons (Fsp3) is 0.400. The Morgan fingerprint density at radius 3 is 2.70 bits per heavy atom. The van der Waals surface area contributed by atoms with Gasteiger partial charge in [0, 0.05) is 13.0 Å². The van der Waals surface area contributed by atoms with Crippen molar-refractivity contribution >= 4 is 21.7 Å². The first-order valence-electron chi connectivity index (χ1n) is 5.54. The number of H-pyrrole nitrogens is 1. The lowest BCUT2D eigenvalue weighted by Gasteiger charge is -2.13. The van der Waals surface area contributed by atoms with Crippen molar-refractivity contribution in [2.24, 2.45) is 5.14 Å². The Bertz CT molecular complexity index is 738. The summed E-state index contributed by atoms with van der Waals surface area (Å²) in [6.45, 7) is -0.150. The van der Waals surface area contributed by atoms with Crippen LogP contribution in [0.25, 0.3) is 0 Å². The van der Waals surface area contributed by atoms with E-state index in [0.29, 0.717) is 0 Å². The highest BCUT2D eigenvalue weighted by molar-refractivity contribution is 7.89. The molecule has 2 heterocycles. The Labute approximate surface area is 114 Å². The van der Waals surface area contributed by atoms with Crippen LogP contribution in [0.1, 0.15) is 17.7 Å². The van der Waals surface area contributed by atoms with E-state index in [-0.39, 0.29) is 36.5 Å². The van der Waals surface area contributed by atoms with Crippen molar-refractivity contribution < 1.29 is 13.2 Å². The van der Waals surface area contributed by atoms with E-state index in [2.05, 4.69) is 10.2 Å². The van der Waals surface area contributed by atoms with Crippen molar-refractivity contribution in [2.75, 3.05) is 11.4 Å². The van der Waals surface area contributed by atoms with Crippen LogP contribution in [-0.2, 0) is 21.2 Å². The average Bonchev–Trinajstić information content (AvgIpc) is 2.92. The summed E-state index contributed by atoms with van der Waals surface area (Å²) < 4.78 is 22.6. The molecule has 1 aliphatic heterocycles. The summed E-state index contributed by atoms with van der Waals surface area (Å²) in [6, 6.07) is 3.73. The zero-order valence-electron chi connectivity index (χ0n) is 10.2. The molecule has 104 valence electrons. The van der Waals surface area contributed by atoms with Crippen molar-refractivity contribution in [1.82, 2.24) is 10.2 Å². The van der Waals surface area contributed by atoms with Gasteiger partial charge in [-0.3, -0.25) is 14.8 Å². The van der Waals surface area contributed by atoms with Crippen molar-refractivity contribution in [1.29, 1.82) is 10.5 Å². The minimum atomic E-state index is -3.84. The van der Waals surface area contributed by atoms with Gasteiger partial charge < -0.3 is 0 Å². The molecule has 0 spiro atoms. The Hall–Kier alpha value is -2.43. The maximum atomic E-state index is 11.8. The lowest BCUT2D eigenvalue weighted by atomic mass is 10.2. The normalized spacial score (nSPS) is 18.9. The summed E-state index contributed by atoms with van der Waals surface area (Å²) >= 11 is 0. The number of nitrogens with zero attached hydrogens (tertiary/aromatic N) is 4. The van der Waals surface area contributed by atoms with Gasteiger partial charge in [0.15, 0.2) is 5.82 Å². The summed E-state index contributed by atoms with van der Waals surface area (Å²) in [6.07, 6.45) is -0.305. The Balaban J connectivity index is 2.37. The lowest BCUT2D eigenvalue weighted by molar-refractivity contribution is -0.117. The third-order valence-electron chi connectivity index (χ3n) is 3.00. The number of anilines is 1. The van der Waals surface area contributed by atoms with Gasteiger partial charge in [0.2, 0.25) is 15.9 Å². The van der Waals surface area contributed by atoms with Crippen molar-refractivity contribution in [2.45, 2.75) is 18.1 Å². The molecule has 1 aliphatic rings. The van der Waals surface area contributed by atoms with Crippen LogP contribution in [0.3, 0.4) is 0 Å². The average molecular weight is 294 g/mol. The number of amides is 1. The van der Waals surface area contributed by atoms with Gasteiger partial charge in [-0.2, -0.15) is 15.6 Å². The van der Waals surface area contributed by atoms with Gasteiger partial charge in [-0.1, -0.05) is 0 Å². The molecule has 1 aromatic heterocycles. The van der Waals surface area contributed by atoms with Gasteiger partial charge >= 0.3 is 0 Å². The second kappa shape index (κ2) is 4.92. The van der Waals surface area contributed by atoms with Gasteiger partial charge in [0.25, 0.3) is 0 Å². The number of rotatable bonds is 3. The molecule has 1 aromatic rings. The number of aromatic nitrogens is 2. The fourth-order valence-electron chi connectivity index (χ4n) is 1.99. The maximum Gasteiger partial charge on any atom is 0.229 e. The van der Waals surface area contributed by atoms with E-state index in [4.69, 9.17) is 15.7 Å². The first-order valence-corrected chi connectivity index (χ1v) is 7.15. The van der Waals surface area contributed by atoms with E-state index < -0.39 is 21.2 Å². The van der Waals surface area contributed by atoms with Crippen molar-refractivity contribution in [3.63, 3.8) is 0 Å². The first kappa shape index (κ1) is 14.0. The number of carbonyl (C=O) groups excluding carboxylic acids is 1. The van der Waals surface area contributed by atoms with Gasteiger partial charge in [-0.05, 0) is 0 Å². The van der Waals surface area contributed by atoms with Crippen LogP contribution in [0.4, 0.5) is 5.82 Å². The van der Waals surface area contributed by atoms with Crippen LogP contribution in [0.2, 0.25) is 0 Å². The molecule has 0 radical (unpaired) electrons. The van der Waals surface area contributed by atoms with Crippen LogP contribution >= 0.6 is 0 Å². The van der Waals surface area contributed by atoms with Crippen LogP contribution in [-0.4, -0.2) is 36.3 Å². The van der Waals surface area contributed by atoms with E-state index in [9.17, 15) is 13.2 Å². The molecule has 9 nitrogen and oxygen atoms in total. The van der Waals surface area contributed by atoms with Gasteiger partial charge in [0.05, 0.1) is 18.2 Å². The zero-order valence-corrected chi connectivity index (χ0v) is 11.0. The van der Waals surface area contributed by atoms with Crippen LogP contribution < -0.4 is 10.0 Å². The molecule has 0 aliphatic carbocycles. The third kappa shape index (κ3) is 2.34. The predicted molar refractivity (Wildman–Crippen MR) is 66.5 cm³/mol. The van der Waals surface area contributed by atoms with Gasteiger partial charge in [0.1, 0.15) is 16.9 Å². The summed E-state index contributed by atoms with van der Waals surface area (Å²) in [7, 11) is -3.84. The first-order chi connectivity index (χ1) is 9.38. The minimum absolute atomic E-state index is 0.0360. The molecule has 1 unspecified atom stereocenters. The summed E-state index contributed by atoms with van der Waals surface area (Å²) in [5.41, 5.74) is 0.354. The van der Waals surface area contributed by atoms with E-state index in [1.807, 2.05) is 12.1 Å². The smallest absolute Gasteiger partial charge is 0.229 e. The second-order valence-corrected chi connectivity index (χ2v) is 6.11. The molecule has 1 saturated heterocycles. The quantitative estimate of drug-likeness (QED) is 0.708. The van der Waals surface area contributed by atoms with E-state index in [1.54, 1.807) is 0 Å². The SMILES string of the molecule is N#CCc1[nH]nc(N2CC(S(N)(=O)=O)CC2=O)c1C#N. The largest absolute Gasteiger partial charge is 0.293 e. The number of sulfonamides is 1. The number of primary sulfonamides is 1. The summed E-state index contributed by atoms with van der Waals surface area (Å²) in [5, 5.41) is 28.1. The zero-order chi connectivity index (χ0) is 14.9. The molecule has 0 bridgehead atoms. The molecule has 1 fully saturated rings. The monoisotopic (exact) mass is 294 g/mol. The Kier molecular flexibility index (Phi) is 3.44. The lowest BCUT2D eigenvalue weighted by Crippen LogP contribution is -2.32. The number of hydrogen-bond acceptors (Lipinski definition) is 6. The minimum Gasteiger partial charge on any atom is -0.293 e. The highest BCUT2D eigenvalue weighted by Crippen LogP contribution is 2.27. The van der Waals surface area contributed by atoms with E-state index >= 15 is 0 Å². The fourth-order valence-corrected chi connectivity index (χ4v) is 2.72. The topological polar surface area (TPSA) is 157 Å². The summed E-state index contributed by atoms with van der Waals surface area (Å²) in [4.78, 5) is 12.9. The molecule has 1 atom stereocenters. The molecule has 0 saturated carbocycles.